The summed E-state index contributed by atoms with van der Waals surface area (Å²) in [5.74, 6) is -1.42. The molecule has 3 amide bonds. The van der Waals surface area contributed by atoms with E-state index in [2.05, 4.69) is 21.6 Å². The summed E-state index contributed by atoms with van der Waals surface area (Å²) in [5.41, 5.74) is 8.24. The van der Waals surface area contributed by atoms with Crippen LogP contribution in [0.25, 0.3) is 0 Å². The molecular weight excluding hydrogens is 396 g/mol. The smallest absolute Gasteiger partial charge is 0.313 e. The standard InChI is InChI=1S/C23H22N4O4/c24-21(28)16-7-9-17(10-8-16)26-23(30)22(29)25-14-19(20-6-3-13-31-20)27-12-11-15-4-1-2-5-18(15)27/h1-10,13,19H,11-12,14H2,(H2,24,28)(H,25,29)(H,26,30)/t19-/m0/s1. The van der Waals surface area contributed by atoms with Crippen LogP contribution < -0.4 is 21.3 Å². The molecule has 2 aromatic carbocycles. The van der Waals surface area contributed by atoms with Gasteiger partial charge in [0.1, 0.15) is 11.8 Å². The second-order valence-electron chi connectivity index (χ2n) is 7.21. The predicted octanol–water partition coefficient (Wildman–Crippen LogP) is 2.24. The van der Waals surface area contributed by atoms with Gasteiger partial charge in [0.15, 0.2) is 0 Å². The van der Waals surface area contributed by atoms with Crippen LogP contribution in [0.15, 0.2) is 71.3 Å². The first-order chi connectivity index (χ1) is 15.0. The Bertz CT molecular complexity index is 1090. The van der Waals surface area contributed by atoms with Crippen LogP contribution in [-0.4, -0.2) is 30.8 Å². The molecule has 158 valence electrons. The van der Waals surface area contributed by atoms with E-state index in [1.54, 1.807) is 12.3 Å². The van der Waals surface area contributed by atoms with E-state index in [1.165, 1.54) is 29.8 Å². The van der Waals surface area contributed by atoms with Gasteiger partial charge in [0.05, 0.1) is 6.26 Å². The zero-order valence-electron chi connectivity index (χ0n) is 16.7. The first kappa shape index (κ1) is 20.2. The Morgan fingerprint density at radius 2 is 1.77 bits per heavy atom. The van der Waals surface area contributed by atoms with E-state index in [0.29, 0.717) is 17.0 Å². The van der Waals surface area contributed by atoms with Crippen molar-refractivity contribution in [1.82, 2.24) is 5.32 Å². The molecule has 0 radical (unpaired) electrons. The number of amides is 3. The molecule has 0 spiro atoms. The molecule has 3 aromatic rings. The van der Waals surface area contributed by atoms with Crippen molar-refractivity contribution >= 4 is 29.1 Å². The number of fused-ring (bicyclic) bond motifs is 1. The van der Waals surface area contributed by atoms with E-state index >= 15 is 0 Å². The number of furan rings is 1. The molecule has 1 aliphatic heterocycles. The fourth-order valence-corrected chi connectivity index (χ4v) is 3.71. The minimum atomic E-state index is -0.799. The lowest BCUT2D eigenvalue weighted by Gasteiger charge is -2.29. The number of carbonyl (C=O) groups is 3. The largest absolute Gasteiger partial charge is 0.467 e. The van der Waals surface area contributed by atoms with Gasteiger partial charge < -0.3 is 25.7 Å². The second kappa shape index (κ2) is 8.74. The zero-order chi connectivity index (χ0) is 21.8. The quantitative estimate of drug-likeness (QED) is 0.531. The molecular formula is C23H22N4O4. The maximum atomic E-state index is 12.4. The van der Waals surface area contributed by atoms with Crippen LogP contribution in [0.1, 0.15) is 27.7 Å². The molecule has 1 aliphatic rings. The van der Waals surface area contributed by atoms with Crippen molar-refractivity contribution in [3.8, 4) is 0 Å². The number of nitrogens with zero attached hydrogens (tertiary/aromatic N) is 1. The first-order valence-electron chi connectivity index (χ1n) is 9.90. The summed E-state index contributed by atoms with van der Waals surface area (Å²) in [6.07, 6.45) is 2.50. The Morgan fingerprint density at radius 3 is 2.48 bits per heavy atom. The van der Waals surface area contributed by atoms with Crippen LogP contribution in [0.5, 0.6) is 0 Å². The molecule has 0 aliphatic carbocycles. The van der Waals surface area contributed by atoms with Crippen molar-refractivity contribution in [2.45, 2.75) is 12.5 Å². The van der Waals surface area contributed by atoms with Crippen molar-refractivity contribution in [2.24, 2.45) is 5.73 Å². The van der Waals surface area contributed by atoms with Crippen LogP contribution in [-0.2, 0) is 16.0 Å². The molecule has 8 heteroatoms. The lowest BCUT2D eigenvalue weighted by Crippen LogP contribution is -2.41. The molecule has 1 atom stereocenters. The number of hydrogen-bond donors (Lipinski definition) is 3. The summed E-state index contributed by atoms with van der Waals surface area (Å²) < 4.78 is 5.61. The van der Waals surface area contributed by atoms with Gasteiger partial charge in [-0.3, -0.25) is 14.4 Å². The molecule has 31 heavy (non-hydrogen) atoms. The van der Waals surface area contributed by atoms with Gasteiger partial charge in [0.2, 0.25) is 5.91 Å². The highest BCUT2D eigenvalue weighted by Gasteiger charge is 2.29. The van der Waals surface area contributed by atoms with Gasteiger partial charge in [0.25, 0.3) is 0 Å². The van der Waals surface area contributed by atoms with Gasteiger partial charge in [-0.05, 0) is 54.4 Å². The summed E-state index contributed by atoms with van der Waals surface area (Å²) in [4.78, 5) is 38.0. The SMILES string of the molecule is NC(=O)c1ccc(NC(=O)C(=O)NC[C@@H](c2ccco2)N2CCc3ccccc32)cc1. The molecule has 0 unspecified atom stereocenters. The van der Waals surface area contributed by atoms with Crippen molar-refractivity contribution in [3.63, 3.8) is 0 Å². The van der Waals surface area contributed by atoms with Crippen molar-refractivity contribution in [2.75, 3.05) is 23.3 Å². The fraction of sp³-hybridized carbons (Fsp3) is 0.174. The van der Waals surface area contributed by atoms with Gasteiger partial charge in [-0.1, -0.05) is 18.2 Å². The second-order valence-corrected chi connectivity index (χ2v) is 7.21. The van der Waals surface area contributed by atoms with Gasteiger partial charge in [-0.2, -0.15) is 0 Å². The Hall–Kier alpha value is -4.07. The number of anilines is 2. The van der Waals surface area contributed by atoms with Crippen LogP contribution >= 0.6 is 0 Å². The van der Waals surface area contributed by atoms with E-state index in [0.717, 1.165) is 18.7 Å². The maximum Gasteiger partial charge on any atom is 0.313 e. The third-order valence-corrected chi connectivity index (χ3v) is 5.26. The van der Waals surface area contributed by atoms with Gasteiger partial charge >= 0.3 is 11.8 Å². The molecule has 2 heterocycles. The van der Waals surface area contributed by atoms with Gasteiger partial charge in [0, 0.05) is 30.0 Å². The third-order valence-electron chi connectivity index (χ3n) is 5.26. The lowest BCUT2D eigenvalue weighted by molar-refractivity contribution is -0.136. The molecule has 0 saturated carbocycles. The Kier molecular flexibility index (Phi) is 5.70. The normalized spacial score (nSPS) is 13.4. The van der Waals surface area contributed by atoms with Crippen LogP contribution in [0, 0.1) is 0 Å². The highest BCUT2D eigenvalue weighted by atomic mass is 16.3. The van der Waals surface area contributed by atoms with E-state index in [9.17, 15) is 14.4 Å². The number of nitrogens with one attached hydrogen (secondary N) is 2. The summed E-state index contributed by atoms with van der Waals surface area (Å²) in [5, 5.41) is 5.21. The van der Waals surface area contributed by atoms with E-state index in [-0.39, 0.29) is 12.6 Å². The Labute approximate surface area is 179 Å². The lowest BCUT2D eigenvalue weighted by atomic mass is 10.1. The van der Waals surface area contributed by atoms with Crippen LogP contribution in [0.4, 0.5) is 11.4 Å². The monoisotopic (exact) mass is 418 g/mol. The van der Waals surface area contributed by atoms with Crippen molar-refractivity contribution < 1.29 is 18.8 Å². The number of nitrogens with two attached hydrogens (primary N) is 1. The Morgan fingerprint density at radius 1 is 1.00 bits per heavy atom. The summed E-state index contributed by atoms with van der Waals surface area (Å²) in [6.45, 7) is 0.994. The van der Waals surface area contributed by atoms with E-state index in [4.69, 9.17) is 10.2 Å². The summed E-state index contributed by atoms with van der Waals surface area (Å²) >= 11 is 0. The molecule has 0 bridgehead atoms. The van der Waals surface area contributed by atoms with Crippen LogP contribution in [0.2, 0.25) is 0 Å². The molecule has 4 N–H and O–H groups in total. The Balaban J connectivity index is 1.42. The number of hydrogen-bond acceptors (Lipinski definition) is 5. The average Bonchev–Trinajstić information content (AvgIpc) is 3.45. The third kappa shape index (κ3) is 4.42. The topological polar surface area (TPSA) is 118 Å². The molecule has 0 fully saturated rings. The molecule has 1 aromatic heterocycles. The van der Waals surface area contributed by atoms with E-state index < -0.39 is 17.7 Å². The zero-order valence-corrected chi connectivity index (χ0v) is 16.7. The number of rotatable bonds is 6. The average molecular weight is 418 g/mol. The predicted molar refractivity (Wildman–Crippen MR) is 116 cm³/mol. The van der Waals surface area contributed by atoms with Gasteiger partial charge in [-0.15, -0.1) is 0 Å². The molecule has 4 rings (SSSR count). The van der Waals surface area contributed by atoms with Crippen molar-refractivity contribution in [3.05, 3.63) is 83.8 Å². The minimum absolute atomic E-state index is 0.203. The number of carbonyl (C=O) groups excluding carboxylic acids is 3. The number of primary amides is 1. The highest BCUT2D eigenvalue weighted by molar-refractivity contribution is 6.39. The summed E-state index contributed by atoms with van der Waals surface area (Å²) in [7, 11) is 0. The van der Waals surface area contributed by atoms with E-state index in [1.807, 2.05) is 24.3 Å². The fourth-order valence-electron chi connectivity index (χ4n) is 3.71. The molecule has 8 nitrogen and oxygen atoms in total. The van der Waals surface area contributed by atoms with Crippen molar-refractivity contribution in [1.29, 1.82) is 0 Å². The van der Waals surface area contributed by atoms with Gasteiger partial charge in [-0.25, -0.2) is 0 Å². The minimum Gasteiger partial charge on any atom is -0.467 e. The maximum absolute atomic E-state index is 12.4. The number of para-hydroxylation sites is 1. The number of benzene rings is 2. The summed E-state index contributed by atoms with van der Waals surface area (Å²) in [6, 6.07) is 17.5. The molecule has 0 saturated heterocycles. The highest BCUT2D eigenvalue weighted by Crippen LogP contribution is 2.34. The first-order valence-corrected chi connectivity index (χ1v) is 9.90. The van der Waals surface area contributed by atoms with Crippen LogP contribution in [0.3, 0.4) is 0 Å².